The van der Waals surface area contributed by atoms with E-state index in [0.717, 1.165) is 19.3 Å². The third-order valence-corrected chi connectivity index (χ3v) is 6.58. The van der Waals surface area contributed by atoms with Crippen molar-refractivity contribution in [2.24, 2.45) is 16.7 Å². The van der Waals surface area contributed by atoms with Crippen molar-refractivity contribution in [3.63, 3.8) is 0 Å². The molecule has 0 spiro atoms. The fraction of sp³-hybridized carbons (Fsp3) is 0.800. The summed E-state index contributed by atoms with van der Waals surface area (Å²) in [6, 6.07) is 0. The van der Waals surface area contributed by atoms with Crippen LogP contribution in [0.5, 0.6) is 0 Å². The molecule has 3 rings (SSSR count). The Morgan fingerprint density at radius 1 is 1.23 bits per heavy atom. The van der Waals surface area contributed by atoms with E-state index in [1.165, 1.54) is 6.92 Å². The predicted molar refractivity (Wildman–Crippen MR) is 94.2 cm³/mol. The molecule has 6 heteroatoms. The average molecular weight is 366 g/mol. The maximum atomic E-state index is 12.2. The van der Waals surface area contributed by atoms with Crippen molar-refractivity contribution in [1.82, 2.24) is 0 Å². The number of carbonyl (C=O) groups is 2. The molecule has 146 valence electrons. The predicted octanol–water partition coefficient (Wildman–Crippen LogP) is 2.38. The van der Waals surface area contributed by atoms with Crippen molar-refractivity contribution < 1.29 is 28.9 Å². The number of rotatable bonds is 3. The van der Waals surface area contributed by atoms with Crippen LogP contribution in [-0.4, -0.2) is 48.6 Å². The SMILES string of the molecule is CC(=O)O[C@@H]1C=C(C2OCCCO2)[C@](O)(C=O)[C@@]2(C)CCCC(C)(C)[C@H]12. The third-order valence-electron chi connectivity index (χ3n) is 6.58. The number of fused-ring (bicyclic) bond motifs is 1. The smallest absolute Gasteiger partial charge is 0.303 e. The molecule has 0 unspecified atom stereocenters. The van der Waals surface area contributed by atoms with E-state index in [-0.39, 0.29) is 17.3 Å². The lowest BCUT2D eigenvalue weighted by Crippen LogP contribution is -2.65. The van der Waals surface area contributed by atoms with Crippen molar-refractivity contribution in [2.75, 3.05) is 13.2 Å². The van der Waals surface area contributed by atoms with E-state index in [9.17, 15) is 14.7 Å². The summed E-state index contributed by atoms with van der Waals surface area (Å²) in [5.41, 5.74) is -2.31. The van der Waals surface area contributed by atoms with Crippen molar-refractivity contribution in [3.8, 4) is 0 Å². The molecule has 0 bridgehead atoms. The van der Waals surface area contributed by atoms with Crippen molar-refractivity contribution in [2.45, 2.75) is 71.4 Å². The van der Waals surface area contributed by atoms with Crippen LogP contribution in [0.2, 0.25) is 0 Å². The first-order valence-electron chi connectivity index (χ1n) is 9.47. The molecule has 0 aromatic rings. The zero-order chi connectivity index (χ0) is 19.2. The lowest BCUT2D eigenvalue weighted by molar-refractivity contribution is -0.212. The van der Waals surface area contributed by atoms with E-state index < -0.39 is 23.4 Å². The number of esters is 1. The zero-order valence-corrected chi connectivity index (χ0v) is 16.1. The van der Waals surface area contributed by atoms with Gasteiger partial charge in [-0.05, 0) is 30.8 Å². The summed E-state index contributed by atoms with van der Waals surface area (Å²) in [7, 11) is 0. The zero-order valence-electron chi connectivity index (χ0n) is 16.1. The number of carbonyl (C=O) groups excluding carboxylic acids is 2. The van der Waals surface area contributed by atoms with Gasteiger partial charge in [-0.25, -0.2) is 0 Å². The summed E-state index contributed by atoms with van der Waals surface area (Å²) >= 11 is 0. The summed E-state index contributed by atoms with van der Waals surface area (Å²) < 4.78 is 17.1. The minimum Gasteiger partial charge on any atom is -0.458 e. The van der Waals surface area contributed by atoms with Gasteiger partial charge < -0.3 is 19.3 Å². The van der Waals surface area contributed by atoms with Gasteiger partial charge >= 0.3 is 5.97 Å². The second kappa shape index (κ2) is 6.73. The molecule has 2 fully saturated rings. The normalized spacial score (nSPS) is 40.3. The third kappa shape index (κ3) is 2.92. The van der Waals surface area contributed by atoms with Crippen molar-refractivity contribution >= 4 is 12.3 Å². The van der Waals surface area contributed by atoms with Gasteiger partial charge in [0.15, 0.2) is 18.2 Å². The van der Waals surface area contributed by atoms with Crippen LogP contribution in [0.15, 0.2) is 11.6 Å². The maximum absolute atomic E-state index is 12.2. The first-order valence-corrected chi connectivity index (χ1v) is 9.47. The summed E-state index contributed by atoms with van der Waals surface area (Å²) in [4.78, 5) is 24.0. The topological polar surface area (TPSA) is 82.1 Å². The lowest BCUT2D eigenvalue weighted by atomic mass is 9.46. The second-order valence-corrected chi connectivity index (χ2v) is 8.74. The molecule has 1 heterocycles. The van der Waals surface area contributed by atoms with Gasteiger partial charge in [0.1, 0.15) is 6.10 Å². The average Bonchev–Trinajstić information content (AvgIpc) is 2.57. The van der Waals surface area contributed by atoms with E-state index in [0.29, 0.717) is 31.5 Å². The first-order chi connectivity index (χ1) is 12.2. The fourth-order valence-electron chi connectivity index (χ4n) is 5.47. The highest BCUT2D eigenvalue weighted by Crippen LogP contribution is 2.61. The summed E-state index contributed by atoms with van der Waals surface area (Å²) in [5, 5.41) is 11.6. The highest BCUT2D eigenvalue weighted by Gasteiger charge is 2.65. The molecule has 1 N–H and O–H groups in total. The highest BCUT2D eigenvalue weighted by atomic mass is 16.7. The number of hydrogen-bond acceptors (Lipinski definition) is 6. The minimum atomic E-state index is -1.71. The Morgan fingerprint density at radius 2 is 1.88 bits per heavy atom. The minimum absolute atomic E-state index is 0.185. The quantitative estimate of drug-likeness (QED) is 0.469. The van der Waals surface area contributed by atoms with E-state index in [2.05, 4.69) is 13.8 Å². The van der Waals surface area contributed by atoms with Gasteiger partial charge in [0.05, 0.1) is 13.2 Å². The van der Waals surface area contributed by atoms with Crippen LogP contribution in [0.4, 0.5) is 0 Å². The summed E-state index contributed by atoms with van der Waals surface area (Å²) in [6.45, 7) is 8.54. The molecule has 1 aliphatic heterocycles. The Kier molecular flexibility index (Phi) is 5.05. The first kappa shape index (κ1) is 19.5. The van der Waals surface area contributed by atoms with Crippen molar-refractivity contribution in [3.05, 3.63) is 11.6 Å². The van der Waals surface area contributed by atoms with Gasteiger partial charge in [-0.3, -0.25) is 9.59 Å². The van der Waals surface area contributed by atoms with Crippen LogP contribution in [-0.2, 0) is 23.8 Å². The molecule has 0 aromatic heterocycles. The van der Waals surface area contributed by atoms with Crippen LogP contribution < -0.4 is 0 Å². The number of ether oxygens (including phenoxy) is 3. The van der Waals surface area contributed by atoms with Crippen molar-refractivity contribution in [1.29, 1.82) is 0 Å². The molecule has 26 heavy (non-hydrogen) atoms. The monoisotopic (exact) mass is 366 g/mol. The Balaban J connectivity index is 2.15. The Bertz CT molecular complexity index is 605. The van der Waals surface area contributed by atoms with Crippen LogP contribution in [0, 0.1) is 16.7 Å². The van der Waals surface area contributed by atoms with Gasteiger partial charge in [0.2, 0.25) is 0 Å². The number of hydrogen-bond donors (Lipinski definition) is 1. The molecule has 3 aliphatic rings. The van der Waals surface area contributed by atoms with Crippen LogP contribution >= 0.6 is 0 Å². The molecule has 6 nitrogen and oxygen atoms in total. The van der Waals surface area contributed by atoms with Crippen LogP contribution in [0.3, 0.4) is 0 Å². The number of aliphatic hydroxyl groups is 1. The van der Waals surface area contributed by atoms with Gasteiger partial charge in [-0.1, -0.05) is 27.2 Å². The molecule has 0 radical (unpaired) electrons. The molecule has 4 atom stereocenters. The Morgan fingerprint density at radius 3 is 2.46 bits per heavy atom. The molecule has 2 aliphatic carbocycles. The second-order valence-electron chi connectivity index (χ2n) is 8.74. The van der Waals surface area contributed by atoms with Gasteiger partial charge in [-0.2, -0.15) is 0 Å². The molecule has 0 aromatic carbocycles. The summed E-state index contributed by atoms with van der Waals surface area (Å²) in [5.74, 6) is -0.563. The van der Waals surface area contributed by atoms with Crippen LogP contribution in [0.1, 0.15) is 53.4 Å². The van der Waals surface area contributed by atoms with E-state index in [1.54, 1.807) is 6.08 Å². The lowest BCUT2D eigenvalue weighted by Gasteiger charge is -2.60. The van der Waals surface area contributed by atoms with Gasteiger partial charge in [0.25, 0.3) is 0 Å². The molecular formula is C20H30O6. The van der Waals surface area contributed by atoms with E-state index in [1.807, 2.05) is 6.92 Å². The van der Waals surface area contributed by atoms with E-state index in [4.69, 9.17) is 14.2 Å². The number of aldehydes is 1. The van der Waals surface area contributed by atoms with Gasteiger partial charge in [-0.15, -0.1) is 0 Å². The Hall–Kier alpha value is -1.24. The molecule has 1 saturated carbocycles. The standard InChI is InChI=1S/C20H30O6/c1-13(22)26-15-11-14(17-24-9-6-10-25-17)20(23,12-21)19(4)8-5-7-18(2,3)16(15)19/h11-12,15-17,23H,5-10H2,1-4H3/t15-,16+,19+,20-/m1/s1. The van der Waals surface area contributed by atoms with Gasteiger partial charge in [0, 0.05) is 23.8 Å². The van der Waals surface area contributed by atoms with E-state index >= 15 is 0 Å². The molecule has 0 amide bonds. The molecular weight excluding hydrogens is 336 g/mol. The van der Waals surface area contributed by atoms with Crippen LogP contribution in [0.25, 0.3) is 0 Å². The Labute approximate surface area is 154 Å². The largest absolute Gasteiger partial charge is 0.458 e. The summed E-state index contributed by atoms with van der Waals surface area (Å²) in [6.07, 6.45) is 4.27. The molecule has 1 saturated heterocycles. The maximum Gasteiger partial charge on any atom is 0.303 e. The highest BCUT2D eigenvalue weighted by molar-refractivity contribution is 5.72. The fourth-order valence-corrected chi connectivity index (χ4v) is 5.47.